The zero-order valence-electron chi connectivity index (χ0n) is 16.1. The quantitative estimate of drug-likeness (QED) is 0.440. The fourth-order valence-corrected chi connectivity index (χ4v) is 4.83. The summed E-state index contributed by atoms with van der Waals surface area (Å²) in [5.41, 5.74) is 4.59. The molecular formula is C21H21N3O2S2. The average Bonchev–Trinajstić information content (AvgIpc) is 3.36. The van der Waals surface area contributed by atoms with Gasteiger partial charge in [-0.2, -0.15) is 0 Å². The van der Waals surface area contributed by atoms with Crippen molar-refractivity contribution in [3.63, 3.8) is 0 Å². The molecule has 4 aromatic rings. The first-order chi connectivity index (χ1) is 13.5. The molecule has 0 aliphatic carbocycles. The molecule has 1 N–H and O–H groups in total. The van der Waals surface area contributed by atoms with Crippen LogP contribution in [0.3, 0.4) is 0 Å². The van der Waals surface area contributed by atoms with E-state index in [-0.39, 0.29) is 11.9 Å². The first-order valence-electron chi connectivity index (χ1n) is 8.98. The molecule has 0 atom stereocenters. The van der Waals surface area contributed by atoms with E-state index in [1.54, 1.807) is 18.4 Å². The molecule has 0 saturated heterocycles. The molecule has 0 saturated carbocycles. The second-order valence-corrected chi connectivity index (χ2v) is 8.66. The number of thiazole rings is 1. The second-order valence-electron chi connectivity index (χ2n) is 6.86. The molecular weight excluding hydrogens is 390 g/mol. The molecule has 0 bridgehead atoms. The Morgan fingerprint density at radius 3 is 2.79 bits per heavy atom. The summed E-state index contributed by atoms with van der Waals surface area (Å²) in [7, 11) is 1.65. The van der Waals surface area contributed by atoms with E-state index >= 15 is 0 Å². The Hall–Kier alpha value is -2.64. The van der Waals surface area contributed by atoms with Crippen molar-refractivity contribution < 1.29 is 9.53 Å². The van der Waals surface area contributed by atoms with Gasteiger partial charge in [-0.1, -0.05) is 11.6 Å². The number of carbonyl (C=O) groups is 1. The number of nitrogens with zero attached hydrogens (tertiary/aromatic N) is 2. The van der Waals surface area contributed by atoms with Crippen molar-refractivity contribution in [2.45, 2.75) is 26.8 Å². The van der Waals surface area contributed by atoms with Gasteiger partial charge in [0.2, 0.25) is 0 Å². The van der Waals surface area contributed by atoms with Gasteiger partial charge in [0.15, 0.2) is 5.13 Å². The van der Waals surface area contributed by atoms with Crippen LogP contribution in [0.1, 0.15) is 35.9 Å². The van der Waals surface area contributed by atoms with E-state index in [9.17, 15) is 4.79 Å². The summed E-state index contributed by atoms with van der Waals surface area (Å²) in [5, 5.41) is 7.52. The first-order valence-corrected chi connectivity index (χ1v) is 10.7. The van der Waals surface area contributed by atoms with Gasteiger partial charge in [-0.3, -0.25) is 10.1 Å². The maximum atomic E-state index is 12.9. The Morgan fingerprint density at radius 1 is 1.21 bits per heavy atom. The van der Waals surface area contributed by atoms with Crippen LogP contribution in [0.25, 0.3) is 21.5 Å². The third kappa shape index (κ3) is 3.31. The third-order valence-electron chi connectivity index (χ3n) is 4.56. The molecule has 144 valence electrons. The molecule has 28 heavy (non-hydrogen) atoms. The van der Waals surface area contributed by atoms with Crippen LogP contribution < -0.4 is 10.1 Å². The number of ether oxygens (including phenoxy) is 1. The van der Waals surface area contributed by atoms with Crippen molar-refractivity contribution in [1.82, 2.24) is 9.55 Å². The highest BCUT2D eigenvalue weighted by Gasteiger charge is 2.20. The number of anilines is 1. The van der Waals surface area contributed by atoms with E-state index in [0.29, 0.717) is 10.8 Å². The normalized spacial score (nSPS) is 11.3. The van der Waals surface area contributed by atoms with E-state index in [4.69, 9.17) is 4.74 Å². The van der Waals surface area contributed by atoms with Crippen molar-refractivity contribution in [3.05, 3.63) is 52.3 Å². The minimum absolute atomic E-state index is 0.144. The van der Waals surface area contributed by atoms with E-state index in [0.717, 1.165) is 32.8 Å². The largest absolute Gasteiger partial charge is 0.496 e. The van der Waals surface area contributed by atoms with Gasteiger partial charge in [0.1, 0.15) is 11.4 Å². The maximum Gasteiger partial charge on any atom is 0.274 e. The average molecular weight is 412 g/mol. The molecule has 5 nitrogen and oxygen atoms in total. The van der Waals surface area contributed by atoms with Gasteiger partial charge >= 0.3 is 0 Å². The number of methoxy groups -OCH3 is 1. The first kappa shape index (κ1) is 18.7. The summed E-state index contributed by atoms with van der Waals surface area (Å²) in [4.78, 5) is 17.6. The topological polar surface area (TPSA) is 56.1 Å². The van der Waals surface area contributed by atoms with Gasteiger partial charge in [-0.05, 0) is 50.4 Å². The van der Waals surface area contributed by atoms with Gasteiger partial charge in [0, 0.05) is 17.0 Å². The highest BCUT2D eigenvalue weighted by Crippen LogP contribution is 2.34. The van der Waals surface area contributed by atoms with Crippen LogP contribution in [0.5, 0.6) is 5.75 Å². The fraction of sp³-hybridized carbons (Fsp3) is 0.238. The molecule has 0 aliphatic rings. The zero-order chi connectivity index (χ0) is 19.8. The Balaban J connectivity index is 1.63. The molecule has 1 amide bonds. The lowest BCUT2D eigenvalue weighted by atomic mass is 10.1. The second kappa shape index (κ2) is 7.41. The van der Waals surface area contributed by atoms with E-state index < -0.39 is 0 Å². The highest BCUT2D eigenvalue weighted by atomic mass is 32.1. The van der Waals surface area contributed by atoms with Gasteiger partial charge in [-0.25, -0.2) is 4.98 Å². The van der Waals surface area contributed by atoms with Crippen LogP contribution >= 0.6 is 22.7 Å². The summed E-state index contributed by atoms with van der Waals surface area (Å²) in [6.45, 7) is 6.20. The summed E-state index contributed by atoms with van der Waals surface area (Å²) >= 11 is 3.05. The fourth-order valence-electron chi connectivity index (χ4n) is 3.31. The minimum atomic E-state index is -0.144. The van der Waals surface area contributed by atoms with E-state index in [2.05, 4.69) is 34.8 Å². The lowest BCUT2D eigenvalue weighted by molar-refractivity contribution is 0.101. The van der Waals surface area contributed by atoms with Crippen molar-refractivity contribution in [2.75, 3.05) is 12.4 Å². The number of aromatic nitrogens is 2. The van der Waals surface area contributed by atoms with Gasteiger partial charge in [0.05, 0.1) is 23.0 Å². The number of hydrogen-bond acceptors (Lipinski definition) is 5. The van der Waals surface area contributed by atoms with Crippen LogP contribution in [0.2, 0.25) is 0 Å². The minimum Gasteiger partial charge on any atom is -0.496 e. The van der Waals surface area contributed by atoms with Gasteiger partial charge in [-0.15, -0.1) is 22.7 Å². The predicted octanol–water partition coefficient (Wildman–Crippen LogP) is 5.98. The Labute approximate surface area is 171 Å². The van der Waals surface area contributed by atoms with Gasteiger partial charge < -0.3 is 9.30 Å². The predicted molar refractivity (Wildman–Crippen MR) is 117 cm³/mol. The number of aryl methyl sites for hydroxylation is 1. The van der Waals surface area contributed by atoms with Crippen molar-refractivity contribution in [1.29, 1.82) is 0 Å². The summed E-state index contributed by atoms with van der Waals surface area (Å²) < 4.78 is 8.64. The molecule has 3 aromatic heterocycles. The summed E-state index contributed by atoms with van der Waals surface area (Å²) in [6.07, 6.45) is 0. The monoisotopic (exact) mass is 411 g/mol. The lowest BCUT2D eigenvalue weighted by Crippen LogP contribution is -2.18. The summed E-state index contributed by atoms with van der Waals surface area (Å²) in [6, 6.07) is 10.2. The maximum absolute atomic E-state index is 12.9. The number of benzene rings is 1. The van der Waals surface area contributed by atoms with Crippen LogP contribution in [0.15, 0.2) is 41.1 Å². The van der Waals surface area contributed by atoms with Crippen molar-refractivity contribution in [3.8, 4) is 17.0 Å². The summed E-state index contributed by atoms with van der Waals surface area (Å²) in [5.74, 6) is 0.622. The molecule has 0 unspecified atom stereocenters. The van der Waals surface area contributed by atoms with Crippen LogP contribution in [-0.2, 0) is 0 Å². The van der Waals surface area contributed by atoms with Crippen molar-refractivity contribution in [2.24, 2.45) is 0 Å². The highest BCUT2D eigenvalue weighted by molar-refractivity contribution is 7.17. The molecule has 0 fully saturated rings. The number of rotatable bonds is 5. The van der Waals surface area contributed by atoms with E-state index in [1.165, 1.54) is 11.3 Å². The zero-order valence-corrected chi connectivity index (χ0v) is 17.8. The molecule has 1 aromatic carbocycles. The number of nitrogens with one attached hydrogen (secondary N) is 1. The van der Waals surface area contributed by atoms with Crippen LogP contribution in [0, 0.1) is 6.92 Å². The Morgan fingerprint density at radius 2 is 2.04 bits per heavy atom. The third-order valence-corrected chi connectivity index (χ3v) is 6.18. The SMILES string of the molecule is COc1ccc(C)cc1-c1csc(NC(=O)c2cc3sccc3n2C(C)C)n1. The Kier molecular flexibility index (Phi) is 4.95. The number of hydrogen-bond donors (Lipinski definition) is 1. The van der Waals surface area contributed by atoms with Crippen LogP contribution in [-0.4, -0.2) is 22.6 Å². The molecule has 0 spiro atoms. The number of carbonyl (C=O) groups excluding carboxylic acids is 1. The number of thiophene rings is 1. The molecule has 3 heterocycles. The Bertz CT molecular complexity index is 1150. The van der Waals surface area contributed by atoms with E-state index in [1.807, 2.05) is 41.9 Å². The van der Waals surface area contributed by atoms with Crippen molar-refractivity contribution >= 4 is 43.9 Å². The molecule has 7 heteroatoms. The lowest BCUT2D eigenvalue weighted by Gasteiger charge is -2.13. The number of fused-ring (bicyclic) bond motifs is 1. The smallest absolute Gasteiger partial charge is 0.274 e. The standard InChI is InChI=1S/C21H21N3O2S2/c1-12(2)24-16-7-8-27-19(16)10-17(24)20(25)23-21-22-15(11-28-21)14-9-13(3)5-6-18(14)26-4/h5-12H,1-4H3,(H,22,23,25). The molecule has 0 aliphatic heterocycles. The van der Waals surface area contributed by atoms with Crippen LogP contribution in [0.4, 0.5) is 5.13 Å². The number of amides is 1. The van der Waals surface area contributed by atoms with Gasteiger partial charge in [0.25, 0.3) is 5.91 Å². The molecule has 0 radical (unpaired) electrons. The molecule has 4 rings (SSSR count).